The number of rotatable bonds is 5. The van der Waals surface area contributed by atoms with E-state index in [-0.39, 0.29) is 18.1 Å². The second-order valence-corrected chi connectivity index (χ2v) is 4.96. The van der Waals surface area contributed by atoms with E-state index in [1.807, 2.05) is 19.1 Å². The van der Waals surface area contributed by atoms with Crippen molar-refractivity contribution in [3.8, 4) is 6.07 Å². The van der Waals surface area contributed by atoms with Gasteiger partial charge in [-0.15, -0.1) is 0 Å². The standard InChI is InChI=1S/C15H18N2O2/c1-10(12-5-3-11(9-16)4-6-12)17-14(13-7-8-13)15(18)19-2/h3-6,10,13-14,17H,7-8H2,1-2H3. The molecule has 0 aliphatic heterocycles. The molecule has 0 aromatic heterocycles. The highest BCUT2D eigenvalue weighted by Gasteiger charge is 2.37. The molecule has 0 amide bonds. The lowest BCUT2D eigenvalue weighted by Gasteiger charge is -2.21. The second-order valence-electron chi connectivity index (χ2n) is 4.96. The third kappa shape index (κ3) is 3.33. The zero-order valence-electron chi connectivity index (χ0n) is 11.2. The van der Waals surface area contributed by atoms with Gasteiger partial charge in [-0.05, 0) is 43.4 Å². The van der Waals surface area contributed by atoms with E-state index >= 15 is 0 Å². The summed E-state index contributed by atoms with van der Waals surface area (Å²) in [5.41, 5.74) is 1.70. The molecule has 100 valence electrons. The summed E-state index contributed by atoms with van der Waals surface area (Å²) in [4.78, 5) is 11.7. The van der Waals surface area contributed by atoms with Crippen LogP contribution in [-0.4, -0.2) is 19.1 Å². The van der Waals surface area contributed by atoms with E-state index in [2.05, 4.69) is 11.4 Å². The lowest BCUT2D eigenvalue weighted by atomic mass is 10.0. The Labute approximate surface area is 113 Å². The Bertz CT molecular complexity index is 486. The minimum absolute atomic E-state index is 0.0532. The van der Waals surface area contributed by atoms with Crippen molar-refractivity contribution in [3.63, 3.8) is 0 Å². The van der Waals surface area contributed by atoms with Gasteiger partial charge in [0.25, 0.3) is 0 Å². The van der Waals surface area contributed by atoms with Crippen molar-refractivity contribution in [3.05, 3.63) is 35.4 Å². The first-order valence-electron chi connectivity index (χ1n) is 6.49. The Morgan fingerprint density at radius 2 is 2.05 bits per heavy atom. The zero-order chi connectivity index (χ0) is 13.8. The Hall–Kier alpha value is -1.86. The summed E-state index contributed by atoms with van der Waals surface area (Å²) in [6.45, 7) is 2.01. The van der Waals surface area contributed by atoms with Crippen molar-refractivity contribution in [1.29, 1.82) is 5.26 Å². The number of carbonyl (C=O) groups is 1. The van der Waals surface area contributed by atoms with Crippen LogP contribution in [0.5, 0.6) is 0 Å². The molecule has 1 aliphatic carbocycles. The molecule has 19 heavy (non-hydrogen) atoms. The maximum atomic E-state index is 11.7. The molecule has 1 aromatic rings. The molecule has 0 bridgehead atoms. The van der Waals surface area contributed by atoms with E-state index in [9.17, 15) is 4.79 Å². The van der Waals surface area contributed by atoms with E-state index in [4.69, 9.17) is 10.00 Å². The average molecular weight is 258 g/mol. The van der Waals surface area contributed by atoms with E-state index < -0.39 is 0 Å². The minimum Gasteiger partial charge on any atom is -0.468 e. The number of ether oxygens (including phenoxy) is 1. The summed E-state index contributed by atoms with van der Waals surface area (Å²) >= 11 is 0. The highest BCUT2D eigenvalue weighted by Crippen LogP contribution is 2.34. The molecule has 1 aliphatic rings. The Morgan fingerprint density at radius 3 is 2.53 bits per heavy atom. The summed E-state index contributed by atoms with van der Waals surface area (Å²) in [6, 6.07) is 9.33. The third-order valence-electron chi connectivity index (χ3n) is 3.52. The molecule has 1 aromatic carbocycles. The first-order chi connectivity index (χ1) is 9.15. The monoisotopic (exact) mass is 258 g/mol. The molecule has 1 fully saturated rings. The first-order valence-corrected chi connectivity index (χ1v) is 6.49. The van der Waals surface area contributed by atoms with Crippen molar-refractivity contribution < 1.29 is 9.53 Å². The molecular weight excluding hydrogens is 240 g/mol. The van der Waals surface area contributed by atoms with Crippen molar-refractivity contribution in [2.45, 2.75) is 31.8 Å². The number of nitriles is 1. The van der Waals surface area contributed by atoms with E-state index in [1.165, 1.54) is 7.11 Å². The Kier molecular flexibility index (Phi) is 4.18. The van der Waals surface area contributed by atoms with Gasteiger partial charge in [0.05, 0.1) is 18.7 Å². The maximum absolute atomic E-state index is 11.7. The SMILES string of the molecule is COC(=O)C(NC(C)c1ccc(C#N)cc1)C1CC1. The van der Waals surface area contributed by atoms with E-state index in [1.54, 1.807) is 12.1 Å². The third-order valence-corrected chi connectivity index (χ3v) is 3.52. The number of nitrogens with zero attached hydrogens (tertiary/aromatic N) is 1. The highest BCUT2D eigenvalue weighted by molar-refractivity contribution is 5.76. The van der Waals surface area contributed by atoms with Crippen molar-refractivity contribution in [2.75, 3.05) is 7.11 Å². The lowest BCUT2D eigenvalue weighted by molar-refractivity contribution is -0.144. The Morgan fingerprint density at radius 1 is 1.42 bits per heavy atom. The van der Waals surface area contributed by atoms with Crippen LogP contribution in [0.15, 0.2) is 24.3 Å². The van der Waals surface area contributed by atoms with Gasteiger partial charge in [0, 0.05) is 6.04 Å². The predicted molar refractivity (Wildman–Crippen MR) is 71.2 cm³/mol. The quantitative estimate of drug-likeness (QED) is 0.822. The molecule has 2 atom stereocenters. The lowest BCUT2D eigenvalue weighted by Crippen LogP contribution is -2.40. The topological polar surface area (TPSA) is 62.1 Å². The van der Waals surface area contributed by atoms with Gasteiger partial charge < -0.3 is 4.74 Å². The van der Waals surface area contributed by atoms with Crippen LogP contribution in [0, 0.1) is 17.2 Å². The number of hydrogen-bond acceptors (Lipinski definition) is 4. The van der Waals surface area contributed by atoms with Crippen LogP contribution >= 0.6 is 0 Å². The number of nitrogens with one attached hydrogen (secondary N) is 1. The Balaban J connectivity index is 2.03. The molecule has 0 spiro atoms. The van der Waals surface area contributed by atoms with Crippen LogP contribution < -0.4 is 5.32 Å². The summed E-state index contributed by atoms with van der Waals surface area (Å²) < 4.78 is 4.84. The van der Waals surface area contributed by atoms with Crippen LogP contribution in [-0.2, 0) is 9.53 Å². The smallest absolute Gasteiger partial charge is 0.323 e. The van der Waals surface area contributed by atoms with Gasteiger partial charge in [0.2, 0.25) is 0 Å². The van der Waals surface area contributed by atoms with E-state index in [0.717, 1.165) is 18.4 Å². The fourth-order valence-corrected chi connectivity index (χ4v) is 2.16. The summed E-state index contributed by atoms with van der Waals surface area (Å²) in [6.07, 6.45) is 2.15. The van der Waals surface area contributed by atoms with Gasteiger partial charge in [0.1, 0.15) is 6.04 Å². The van der Waals surface area contributed by atoms with Crippen LogP contribution in [0.25, 0.3) is 0 Å². The van der Waals surface area contributed by atoms with E-state index in [0.29, 0.717) is 11.5 Å². The molecule has 4 nitrogen and oxygen atoms in total. The molecule has 1 saturated carbocycles. The van der Waals surface area contributed by atoms with Crippen molar-refractivity contribution >= 4 is 5.97 Å². The molecule has 4 heteroatoms. The van der Waals surface area contributed by atoms with Gasteiger partial charge in [-0.1, -0.05) is 12.1 Å². The van der Waals surface area contributed by atoms with Crippen LogP contribution in [0.2, 0.25) is 0 Å². The molecule has 2 rings (SSSR count). The molecule has 2 unspecified atom stereocenters. The van der Waals surface area contributed by atoms with Crippen molar-refractivity contribution in [2.24, 2.45) is 5.92 Å². The number of carbonyl (C=O) groups excluding carboxylic acids is 1. The summed E-state index contributed by atoms with van der Waals surface area (Å²) in [7, 11) is 1.42. The normalized spacial score (nSPS) is 17.3. The molecule has 0 heterocycles. The number of hydrogen-bond donors (Lipinski definition) is 1. The fourth-order valence-electron chi connectivity index (χ4n) is 2.16. The van der Waals surface area contributed by atoms with Gasteiger partial charge in [-0.2, -0.15) is 5.26 Å². The van der Waals surface area contributed by atoms with Gasteiger partial charge in [-0.25, -0.2) is 0 Å². The molecule has 0 radical (unpaired) electrons. The average Bonchev–Trinajstić information content (AvgIpc) is 3.28. The minimum atomic E-state index is -0.226. The van der Waals surface area contributed by atoms with Gasteiger partial charge in [0.15, 0.2) is 0 Å². The van der Waals surface area contributed by atoms with Crippen LogP contribution in [0.3, 0.4) is 0 Å². The summed E-state index contributed by atoms with van der Waals surface area (Å²) in [5.74, 6) is 0.205. The largest absolute Gasteiger partial charge is 0.468 e. The number of methoxy groups -OCH3 is 1. The molecular formula is C15H18N2O2. The van der Waals surface area contributed by atoms with Crippen LogP contribution in [0.1, 0.15) is 36.9 Å². The first kappa shape index (κ1) is 13.6. The van der Waals surface area contributed by atoms with Gasteiger partial charge >= 0.3 is 5.97 Å². The zero-order valence-corrected chi connectivity index (χ0v) is 11.2. The fraction of sp³-hybridized carbons (Fsp3) is 0.467. The van der Waals surface area contributed by atoms with Gasteiger partial charge in [-0.3, -0.25) is 10.1 Å². The summed E-state index contributed by atoms with van der Waals surface area (Å²) in [5, 5.41) is 12.1. The van der Waals surface area contributed by atoms with Crippen molar-refractivity contribution in [1.82, 2.24) is 5.32 Å². The number of benzene rings is 1. The predicted octanol–water partition coefficient (Wildman–Crippen LogP) is 2.16. The van der Waals surface area contributed by atoms with Crippen LogP contribution in [0.4, 0.5) is 0 Å². The molecule has 1 N–H and O–H groups in total. The maximum Gasteiger partial charge on any atom is 0.323 e. The highest BCUT2D eigenvalue weighted by atomic mass is 16.5. The molecule has 0 saturated heterocycles. The second kappa shape index (κ2) is 5.85. The number of esters is 1.